The highest BCUT2D eigenvalue weighted by molar-refractivity contribution is 8.00. The molecule has 0 spiro atoms. The molecule has 2 atom stereocenters. The van der Waals surface area contributed by atoms with Gasteiger partial charge in [-0.2, -0.15) is 0 Å². The number of amides is 1. The molecule has 0 fully saturated rings. The lowest BCUT2D eigenvalue weighted by Gasteiger charge is -2.17. The van der Waals surface area contributed by atoms with E-state index in [1.165, 1.54) is 18.9 Å². The van der Waals surface area contributed by atoms with E-state index in [-0.39, 0.29) is 6.61 Å². The van der Waals surface area contributed by atoms with Gasteiger partial charge in [0.1, 0.15) is 0 Å². The van der Waals surface area contributed by atoms with Gasteiger partial charge in [0.15, 0.2) is 6.04 Å². The molecule has 0 heterocycles. The molecule has 5 nitrogen and oxygen atoms in total. The molecule has 0 aromatic heterocycles. The number of carbonyl (C=O) groups is 2. The number of rotatable bonds is 7. The predicted octanol–water partition coefficient (Wildman–Crippen LogP) is 2.69. The molecule has 116 valence electrons. The van der Waals surface area contributed by atoms with E-state index in [0.29, 0.717) is 14.9 Å². The first kappa shape index (κ1) is 18.1. The van der Waals surface area contributed by atoms with E-state index >= 15 is 0 Å². The molecule has 1 amide bonds. The van der Waals surface area contributed by atoms with E-state index in [0.717, 1.165) is 0 Å². The lowest BCUT2D eigenvalue weighted by Crippen LogP contribution is -2.46. The molecule has 0 aliphatic heterocycles. The average Bonchev–Trinajstić information content (AvgIpc) is 2.42. The molecule has 0 aliphatic carbocycles. The first-order valence-electron chi connectivity index (χ1n) is 5.99. The van der Waals surface area contributed by atoms with E-state index in [2.05, 4.69) is 5.32 Å². The lowest BCUT2D eigenvalue weighted by molar-refractivity contribution is -0.143. The minimum absolute atomic E-state index is 0.101. The molecule has 1 aromatic carbocycles. The summed E-state index contributed by atoms with van der Waals surface area (Å²) in [6.45, 7) is 1.55. The first-order valence-corrected chi connectivity index (χ1v) is 7.62. The molecular weight excluding hydrogens is 337 g/mol. The summed E-state index contributed by atoms with van der Waals surface area (Å²) in [6.07, 6.45) is 0. The minimum atomic E-state index is -1.15. The quantitative estimate of drug-likeness (QED) is 0.738. The topological polar surface area (TPSA) is 75.6 Å². The molecule has 1 aromatic rings. The largest absolute Gasteiger partial charge is 0.480 e. The number of carboxylic acid groups (broad SMARTS) is 1. The number of ether oxygens (including phenoxy) is 1. The average molecular weight is 352 g/mol. The van der Waals surface area contributed by atoms with Crippen LogP contribution >= 0.6 is 35.0 Å². The van der Waals surface area contributed by atoms with Gasteiger partial charge in [0.05, 0.1) is 16.9 Å². The molecule has 0 bridgehead atoms. The van der Waals surface area contributed by atoms with Crippen LogP contribution in [0.5, 0.6) is 0 Å². The number of thioether (sulfide) groups is 1. The summed E-state index contributed by atoms with van der Waals surface area (Å²) >= 11 is 13.1. The van der Waals surface area contributed by atoms with Gasteiger partial charge in [-0.25, -0.2) is 4.79 Å². The van der Waals surface area contributed by atoms with Gasteiger partial charge in [0, 0.05) is 17.0 Å². The normalized spacial score (nSPS) is 13.5. The van der Waals surface area contributed by atoms with Crippen LogP contribution < -0.4 is 5.32 Å². The summed E-state index contributed by atoms with van der Waals surface area (Å²) in [5.74, 6) is -1.57. The van der Waals surface area contributed by atoms with Crippen LogP contribution in [0.3, 0.4) is 0 Å². The van der Waals surface area contributed by atoms with E-state index in [1.807, 2.05) is 0 Å². The smallest absolute Gasteiger partial charge is 0.328 e. The molecule has 0 aliphatic rings. The highest BCUT2D eigenvalue weighted by Crippen LogP contribution is 2.32. The number of nitrogens with one attached hydrogen (secondary N) is 1. The Kier molecular flexibility index (Phi) is 7.31. The standard InChI is InChI=1S/C13H15Cl2NO4S/c1-7(12(17)16-10(6-20-2)13(18)19)21-11-5-8(14)3-4-9(11)15/h3-5,7,10H,6H2,1-2H3,(H,16,17)(H,18,19). The van der Waals surface area contributed by atoms with Crippen molar-refractivity contribution in [2.24, 2.45) is 0 Å². The lowest BCUT2D eigenvalue weighted by atomic mass is 10.3. The molecular formula is C13H15Cl2NO4S. The number of carbonyl (C=O) groups excluding carboxylic acids is 1. The van der Waals surface area contributed by atoms with Crippen molar-refractivity contribution in [2.45, 2.75) is 23.1 Å². The van der Waals surface area contributed by atoms with Crippen LogP contribution in [0.1, 0.15) is 6.92 Å². The van der Waals surface area contributed by atoms with Gasteiger partial charge in [0.2, 0.25) is 5.91 Å². The van der Waals surface area contributed by atoms with Crippen molar-refractivity contribution in [3.05, 3.63) is 28.2 Å². The Morgan fingerprint density at radius 1 is 1.43 bits per heavy atom. The molecule has 2 unspecified atom stereocenters. The molecule has 0 radical (unpaired) electrons. The van der Waals surface area contributed by atoms with Crippen molar-refractivity contribution in [3.63, 3.8) is 0 Å². The fourth-order valence-corrected chi connectivity index (χ4v) is 2.86. The Balaban J connectivity index is 2.69. The number of halogens is 2. The van der Waals surface area contributed by atoms with Crippen LogP contribution in [0.15, 0.2) is 23.1 Å². The van der Waals surface area contributed by atoms with Crippen molar-refractivity contribution < 1.29 is 19.4 Å². The molecule has 2 N–H and O–H groups in total. The van der Waals surface area contributed by atoms with Crippen molar-refractivity contribution in [3.8, 4) is 0 Å². The molecule has 8 heteroatoms. The van der Waals surface area contributed by atoms with Crippen LogP contribution in [0.4, 0.5) is 0 Å². The van der Waals surface area contributed by atoms with Crippen LogP contribution in [-0.2, 0) is 14.3 Å². The third-order valence-electron chi connectivity index (χ3n) is 2.51. The van der Waals surface area contributed by atoms with Crippen molar-refractivity contribution in [1.82, 2.24) is 5.32 Å². The predicted molar refractivity (Wildman–Crippen MR) is 83.2 cm³/mol. The highest BCUT2D eigenvalue weighted by atomic mass is 35.5. The first-order chi connectivity index (χ1) is 9.85. The van der Waals surface area contributed by atoms with E-state index in [9.17, 15) is 9.59 Å². The van der Waals surface area contributed by atoms with Crippen molar-refractivity contribution in [1.29, 1.82) is 0 Å². The summed E-state index contributed by atoms with van der Waals surface area (Å²) in [7, 11) is 1.37. The van der Waals surface area contributed by atoms with Gasteiger partial charge in [0.25, 0.3) is 0 Å². The summed E-state index contributed by atoms with van der Waals surface area (Å²) < 4.78 is 4.76. The zero-order valence-electron chi connectivity index (χ0n) is 11.4. The van der Waals surface area contributed by atoms with Crippen LogP contribution in [-0.4, -0.2) is 42.0 Å². The number of hydrogen-bond donors (Lipinski definition) is 2. The molecule has 1 rings (SSSR count). The number of carboxylic acids is 1. The van der Waals surface area contributed by atoms with Crippen LogP contribution in [0, 0.1) is 0 Å². The maximum atomic E-state index is 12.0. The van der Waals surface area contributed by atoms with Gasteiger partial charge in [-0.05, 0) is 25.1 Å². The zero-order chi connectivity index (χ0) is 16.0. The second-order valence-corrected chi connectivity index (χ2v) is 6.42. The van der Waals surface area contributed by atoms with Crippen molar-refractivity contribution in [2.75, 3.05) is 13.7 Å². The van der Waals surface area contributed by atoms with Gasteiger partial charge in [-0.3, -0.25) is 4.79 Å². The second kappa shape index (κ2) is 8.48. The molecule has 0 saturated carbocycles. The van der Waals surface area contributed by atoms with Gasteiger partial charge >= 0.3 is 5.97 Å². The monoisotopic (exact) mass is 351 g/mol. The highest BCUT2D eigenvalue weighted by Gasteiger charge is 2.23. The van der Waals surface area contributed by atoms with E-state index in [1.54, 1.807) is 25.1 Å². The Morgan fingerprint density at radius 3 is 2.67 bits per heavy atom. The Bertz CT molecular complexity index is 527. The summed E-state index contributed by atoms with van der Waals surface area (Å²) in [5, 5.41) is 11.8. The fourth-order valence-electron chi connectivity index (χ4n) is 1.44. The number of aliphatic carboxylic acids is 1. The summed E-state index contributed by atoms with van der Waals surface area (Å²) in [4.78, 5) is 23.6. The third kappa shape index (κ3) is 5.74. The van der Waals surface area contributed by atoms with Crippen LogP contribution in [0.2, 0.25) is 10.0 Å². The van der Waals surface area contributed by atoms with Crippen LogP contribution in [0.25, 0.3) is 0 Å². The Morgan fingerprint density at radius 2 is 2.10 bits per heavy atom. The summed E-state index contributed by atoms with van der Waals surface area (Å²) in [6, 6.07) is 3.86. The molecule has 0 saturated heterocycles. The summed E-state index contributed by atoms with van der Waals surface area (Å²) in [5.41, 5.74) is 0. The second-order valence-electron chi connectivity index (χ2n) is 4.19. The maximum Gasteiger partial charge on any atom is 0.328 e. The van der Waals surface area contributed by atoms with Gasteiger partial charge in [-0.1, -0.05) is 23.2 Å². The number of benzene rings is 1. The van der Waals surface area contributed by atoms with Crippen molar-refractivity contribution >= 4 is 46.8 Å². The minimum Gasteiger partial charge on any atom is -0.480 e. The maximum absolute atomic E-state index is 12.0. The SMILES string of the molecule is COCC(NC(=O)C(C)Sc1cc(Cl)ccc1Cl)C(=O)O. The number of methoxy groups -OCH3 is 1. The zero-order valence-corrected chi connectivity index (χ0v) is 13.8. The fraction of sp³-hybridized carbons (Fsp3) is 0.385. The third-order valence-corrected chi connectivity index (χ3v) is 4.35. The number of hydrogen-bond acceptors (Lipinski definition) is 4. The Labute approximate surface area is 136 Å². The van der Waals surface area contributed by atoms with Gasteiger partial charge < -0.3 is 15.2 Å². The molecule has 21 heavy (non-hydrogen) atoms. The van der Waals surface area contributed by atoms with Gasteiger partial charge in [-0.15, -0.1) is 11.8 Å². The van der Waals surface area contributed by atoms with E-state index < -0.39 is 23.2 Å². The van der Waals surface area contributed by atoms with E-state index in [4.69, 9.17) is 33.0 Å². The Hall–Kier alpha value is -0.950.